The van der Waals surface area contributed by atoms with E-state index in [1.165, 1.54) is 0 Å². The number of nitrogens with zero attached hydrogens (tertiary/aromatic N) is 1. The van der Waals surface area contributed by atoms with E-state index in [0.717, 1.165) is 6.42 Å². The third-order valence-corrected chi connectivity index (χ3v) is 3.11. The minimum atomic E-state index is -0.164. The maximum Gasteiger partial charge on any atom is 0.256 e. The molecule has 0 aliphatic carbocycles. The molecular weight excluding hydrogens is 280 g/mol. The van der Waals surface area contributed by atoms with Gasteiger partial charge in [0.15, 0.2) is 0 Å². The van der Waals surface area contributed by atoms with Gasteiger partial charge >= 0.3 is 0 Å². The molecule has 0 aromatic heterocycles. The van der Waals surface area contributed by atoms with Crippen LogP contribution in [0.5, 0.6) is 0 Å². The Hall–Kier alpha value is -0.440. The molecule has 0 atom stereocenters. The molecule has 0 bridgehead atoms. The fourth-order valence-corrected chi connectivity index (χ4v) is 2.31. The summed E-state index contributed by atoms with van der Waals surface area (Å²) in [6.07, 6.45) is 0.866. The minimum absolute atomic E-state index is 0.164. The van der Waals surface area contributed by atoms with Crippen molar-refractivity contribution < 1.29 is 4.79 Å². The molecule has 94 valence electrons. The first kappa shape index (κ1) is 14.6. The van der Waals surface area contributed by atoms with Crippen molar-refractivity contribution in [3.05, 3.63) is 33.8 Å². The summed E-state index contributed by atoms with van der Waals surface area (Å²) < 4.78 is 0. The molecule has 1 amide bonds. The number of halogens is 3. The van der Waals surface area contributed by atoms with E-state index in [1.807, 2.05) is 6.92 Å². The van der Waals surface area contributed by atoms with Gasteiger partial charge < -0.3 is 4.90 Å². The molecule has 0 unspecified atom stereocenters. The van der Waals surface area contributed by atoms with Crippen molar-refractivity contribution >= 4 is 40.7 Å². The molecule has 0 radical (unpaired) electrons. The summed E-state index contributed by atoms with van der Waals surface area (Å²) in [4.78, 5) is 13.9. The highest BCUT2D eigenvalue weighted by atomic mass is 35.5. The second kappa shape index (κ2) is 7.10. The largest absolute Gasteiger partial charge is 0.337 e. The van der Waals surface area contributed by atoms with Gasteiger partial charge in [0.25, 0.3) is 5.91 Å². The van der Waals surface area contributed by atoms with Crippen molar-refractivity contribution in [3.63, 3.8) is 0 Å². The number of rotatable bonds is 5. The monoisotopic (exact) mass is 293 g/mol. The SMILES string of the molecule is CCCN(CCCl)C(=O)c1c(Cl)cccc1Cl. The van der Waals surface area contributed by atoms with Crippen molar-refractivity contribution in [3.8, 4) is 0 Å². The molecule has 5 heteroatoms. The molecule has 1 aromatic carbocycles. The minimum Gasteiger partial charge on any atom is -0.337 e. The van der Waals surface area contributed by atoms with Crippen LogP contribution < -0.4 is 0 Å². The maximum absolute atomic E-state index is 12.3. The Balaban J connectivity index is 3.00. The zero-order valence-corrected chi connectivity index (χ0v) is 11.8. The maximum atomic E-state index is 12.3. The van der Waals surface area contributed by atoms with Gasteiger partial charge in [-0.25, -0.2) is 0 Å². The third kappa shape index (κ3) is 3.77. The van der Waals surface area contributed by atoms with Crippen LogP contribution in [0.4, 0.5) is 0 Å². The van der Waals surface area contributed by atoms with Crippen molar-refractivity contribution in [1.29, 1.82) is 0 Å². The van der Waals surface area contributed by atoms with Gasteiger partial charge in [0, 0.05) is 19.0 Å². The number of benzene rings is 1. The molecule has 0 aliphatic rings. The first-order valence-electron chi connectivity index (χ1n) is 5.41. The van der Waals surface area contributed by atoms with Gasteiger partial charge in [-0.1, -0.05) is 36.2 Å². The molecule has 0 N–H and O–H groups in total. The summed E-state index contributed by atoms with van der Waals surface area (Å²) in [5.41, 5.74) is 0.356. The van der Waals surface area contributed by atoms with Gasteiger partial charge in [-0.3, -0.25) is 4.79 Å². The van der Waals surface area contributed by atoms with Crippen LogP contribution in [-0.4, -0.2) is 29.8 Å². The Kier molecular flexibility index (Phi) is 6.10. The molecule has 2 nitrogen and oxygen atoms in total. The normalized spacial score (nSPS) is 10.4. The molecule has 1 aromatic rings. The fraction of sp³-hybridized carbons (Fsp3) is 0.417. The van der Waals surface area contributed by atoms with E-state index in [-0.39, 0.29) is 5.91 Å². The molecule has 1 rings (SSSR count). The highest BCUT2D eigenvalue weighted by Crippen LogP contribution is 2.25. The summed E-state index contributed by atoms with van der Waals surface area (Å²) in [7, 11) is 0. The number of amides is 1. The quantitative estimate of drug-likeness (QED) is 0.749. The number of hydrogen-bond acceptors (Lipinski definition) is 1. The van der Waals surface area contributed by atoms with Crippen LogP contribution in [0.25, 0.3) is 0 Å². The van der Waals surface area contributed by atoms with Gasteiger partial charge in [-0.05, 0) is 18.6 Å². The lowest BCUT2D eigenvalue weighted by Gasteiger charge is -2.22. The van der Waals surface area contributed by atoms with Crippen LogP contribution in [0.3, 0.4) is 0 Å². The van der Waals surface area contributed by atoms with Crippen LogP contribution in [-0.2, 0) is 0 Å². The first-order valence-corrected chi connectivity index (χ1v) is 6.70. The van der Waals surface area contributed by atoms with Crippen molar-refractivity contribution in [1.82, 2.24) is 4.90 Å². The molecule has 0 saturated heterocycles. The summed E-state index contributed by atoms with van der Waals surface area (Å²) >= 11 is 17.7. The Morgan fingerprint density at radius 1 is 1.24 bits per heavy atom. The predicted octanol–water partition coefficient (Wildman–Crippen LogP) is 4.08. The molecule has 0 aliphatic heterocycles. The van der Waals surface area contributed by atoms with E-state index in [0.29, 0.717) is 34.6 Å². The van der Waals surface area contributed by atoms with E-state index in [4.69, 9.17) is 34.8 Å². The van der Waals surface area contributed by atoms with Gasteiger partial charge in [-0.15, -0.1) is 11.6 Å². The second-order valence-electron chi connectivity index (χ2n) is 3.58. The van der Waals surface area contributed by atoms with Crippen LogP contribution in [0, 0.1) is 0 Å². The Labute approximate surface area is 116 Å². The summed E-state index contributed by atoms with van der Waals surface area (Å²) in [5.74, 6) is 0.233. The fourth-order valence-electron chi connectivity index (χ4n) is 1.55. The van der Waals surface area contributed by atoms with E-state index in [2.05, 4.69) is 0 Å². The molecule has 0 fully saturated rings. The van der Waals surface area contributed by atoms with Crippen LogP contribution in [0.2, 0.25) is 10.0 Å². The molecule has 0 heterocycles. The van der Waals surface area contributed by atoms with Gasteiger partial charge in [0.1, 0.15) is 0 Å². The van der Waals surface area contributed by atoms with Gasteiger partial charge in [0.2, 0.25) is 0 Å². The Bertz CT molecular complexity index is 369. The summed E-state index contributed by atoms with van der Waals surface area (Å²) in [5, 5.41) is 0.747. The highest BCUT2D eigenvalue weighted by molar-refractivity contribution is 6.39. The van der Waals surface area contributed by atoms with Gasteiger partial charge in [-0.2, -0.15) is 0 Å². The number of alkyl halides is 1. The Morgan fingerprint density at radius 2 is 1.82 bits per heavy atom. The average Bonchev–Trinajstić information content (AvgIpc) is 2.28. The zero-order chi connectivity index (χ0) is 12.8. The highest BCUT2D eigenvalue weighted by Gasteiger charge is 2.20. The smallest absolute Gasteiger partial charge is 0.256 e. The van der Waals surface area contributed by atoms with Gasteiger partial charge in [0.05, 0.1) is 15.6 Å². The number of carbonyl (C=O) groups excluding carboxylic acids is 1. The van der Waals surface area contributed by atoms with Crippen molar-refractivity contribution in [2.75, 3.05) is 19.0 Å². The summed E-state index contributed by atoms with van der Waals surface area (Å²) in [6, 6.07) is 5.03. The standard InChI is InChI=1S/C12H14Cl3NO/c1-2-7-16(8-6-13)12(17)11-9(14)4-3-5-10(11)15/h3-5H,2,6-8H2,1H3. The average molecular weight is 295 g/mol. The lowest BCUT2D eigenvalue weighted by Crippen LogP contribution is -2.33. The van der Waals surface area contributed by atoms with Crippen molar-refractivity contribution in [2.45, 2.75) is 13.3 Å². The molecular formula is C12H14Cl3NO. The molecule has 0 spiro atoms. The molecule has 17 heavy (non-hydrogen) atoms. The van der Waals surface area contributed by atoms with E-state index in [9.17, 15) is 4.79 Å². The van der Waals surface area contributed by atoms with Crippen LogP contribution >= 0.6 is 34.8 Å². The zero-order valence-electron chi connectivity index (χ0n) is 9.55. The predicted molar refractivity (Wildman–Crippen MR) is 73.4 cm³/mol. The number of carbonyl (C=O) groups is 1. The first-order chi connectivity index (χ1) is 8.11. The number of hydrogen-bond donors (Lipinski definition) is 0. The van der Waals surface area contributed by atoms with Crippen LogP contribution in [0.15, 0.2) is 18.2 Å². The topological polar surface area (TPSA) is 20.3 Å². The lowest BCUT2D eigenvalue weighted by molar-refractivity contribution is 0.0766. The summed E-state index contributed by atoms with van der Waals surface area (Å²) in [6.45, 7) is 3.14. The Morgan fingerprint density at radius 3 is 2.29 bits per heavy atom. The third-order valence-electron chi connectivity index (χ3n) is 2.31. The molecule has 0 saturated carbocycles. The van der Waals surface area contributed by atoms with E-state index >= 15 is 0 Å². The van der Waals surface area contributed by atoms with E-state index in [1.54, 1.807) is 23.1 Å². The van der Waals surface area contributed by atoms with E-state index < -0.39 is 0 Å². The van der Waals surface area contributed by atoms with Crippen LogP contribution in [0.1, 0.15) is 23.7 Å². The lowest BCUT2D eigenvalue weighted by atomic mass is 10.2. The second-order valence-corrected chi connectivity index (χ2v) is 4.77. The van der Waals surface area contributed by atoms with Crippen molar-refractivity contribution in [2.24, 2.45) is 0 Å².